The summed E-state index contributed by atoms with van der Waals surface area (Å²) in [6.45, 7) is 2.01. The van der Waals surface area contributed by atoms with Crippen LogP contribution in [0.15, 0.2) is 58.0 Å². The van der Waals surface area contributed by atoms with Crippen molar-refractivity contribution in [3.8, 4) is 17.1 Å². The molecule has 2 aromatic carbocycles. The highest BCUT2D eigenvalue weighted by Gasteiger charge is 2.23. The van der Waals surface area contributed by atoms with E-state index in [4.69, 9.17) is 9.15 Å². The standard InChI is InChI=1S/C22H25N3O5S/c1-15-5-7-16(8-6-15)19-14-23-22(30-19)12-11-21(26)24-17-9-10-18(29-4)20(13-17)31(27,28)25(2)3/h5-10,13-14H,11-12H2,1-4H3,(H,24,26). The first-order valence-corrected chi connectivity index (χ1v) is 11.1. The van der Waals surface area contributed by atoms with Crippen LogP contribution < -0.4 is 10.1 Å². The van der Waals surface area contributed by atoms with Crippen LogP contribution in [-0.2, 0) is 21.2 Å². The molecule has 0 aliphatic carbocycles. The lowest BCUT2D eigenvalue weighted by atomic mass is 10.1. The van der Waals surface area contributed by atoms with Crippen LogP contribution >= 0.6 is 0 Å². The highest BCUT2D eigenvalue weighted by molar-refractivity contribution is 7.89. The number of ether oxygens (including phenoxy) is 1. The predicted molar refractivity (Wildman–Crippen MR) is 117 cm³/mol. The number of hydrogen-bond acceptors (Lipinski definition) is 6. The van der Waals surface area contributed by atoms with Crippen LogP contribution in [0.4, 0.5) is 5.69 Å². The third-order valence-electron chi connectivity index (χ3n) is 4.66. The molecule has 0 bridgehead atoms. The Morgan fingerprint density at radius 2 is 1.87 bits per heavy atom. The predicted octanol–water partition coefficient (Wildman–Crippen LogP) is 3.48. The molecule has 164 valence electrons. The number of aryl methyl sites for hydroxylation is 2. The van der Waals surface area contributed by atoms with E-state index in [1.54, 1.807) is 12.3 Å². The van der Waals surface area contributed by atoms with Crippen LogP contribution in [0, 0.1) is 6.92 Å². The van der Waals surface area contributed by atoms with Gasteiger partial charge in [0.1, 0.15) is 10.6 Å². The summed E-state index contributed by atoms with van der Waals surface area (Å²) >= 11 is 0. The third-order valence-corrected chi connectivity index (χ3v) is 6.50. The van der Waals surface area contributed by atoms with E-state index in [2.05, 4.69) is 10.3 Å². The first-order valence-electron chi connectivity index (χ1n) is 9.63. The summed E-state index contributed by atoms with van der Waals surface area (Å²) in [4.78, 5) is 16.6. The Morgan fingerprint density at radius 1 is 1.16 bits per heavy atom. The van der Waals surface area contributed by atoms with Crippen LogP contribution in [0.2, 0.25) is 0 Å². The number of hydrogen-bond donors (Lipinski definition) is 1. The summed E-state index contributed by atoms with van der Waals surface area (Å²) in [5.74, 6) is 1.02. The lowest BCUT2D eigenvalue weighted by Crippen LogP contribution is -2.23. The minimum atomic E-state index is -3.73. The van der Waals surface area contributed by atoms with Gasteiger partial charge >= 0.3 is 0 Å². The van der Waals surface area contributed by atoms with E-state index in [0.717, 1.165) is 15.4 Å². The topological polar surface area (TPSA) is 102 Å². The number of rotatable bonds is 8. The molecule has 0 saturated heterocycles. The Labute approximate surface area is 181 Å². The van der Waals surface area contributed by atoms with E-state index in [0.29, 0.717) is 23.8 Å². The molecule has 31 heavy (non-hydrogen) atoms. The van der Waals surface area contributed by atoms with Gasteiger partial charge in [0.15, 0.2) is 11.7 Å². The number of sulfonamides is 1. The molecule has 0 fully saturated rings. The van der Waals surface area contributed by atoms with Crippen LogP contribution in [0.3, 0.4) is 0 Å². The Kier molecular flexibility index (Phi) is 6.77. The average Bonchev–Trinajstić information content (AvgIpc) is 3.21. The normalized spacial score (nSPS) is 11.5. The van der Waals surface area contributed by atoms with Crippen LogP contribution in [0.5, 0.6) is 5.75 Å². The van der Waals surface area contributed by atoms with Gasteiger partial charge in [-0.1, -0.05) is 29.8 Å². The van der Waals surface area contributed by atoms with Crippen LogP contribution in [0.1, 0.15) is 17.9 Å². The zero-order chi connectivity index (χ0) is 22.6. The second-order valence-electron chi connectivity index (χ2n) is 7.19. The number of benzene rings is 2. The number of oxazole rings is 1. The van der Waals surface area contributed by atoms with Gasteiger partial charge in [0, 0.05) is 38.2 Å². The number of methoxy groups -OCH3 is 1. The molecule has 0 saturated carbocycles. The molecule has 1 amide bonds. The number of aromatic nitrogens is 1. The molecule has 8 nitrogen and oxygen atoms in total. The molecular weight excluding hydrogens is 418 g/mol. The molecule has 0 aliphatic heterocycles. The second-order valence-corrected chi connectivity index (χ2v) is 9.31. The molecule has 1 N–H and O–H groups in total. The molecule has 0 atom stereocenters. The van der Waals surface area contributed by atoms with Gasteiger partial charge in [-0.05, 0) is 25.1 Å². The van der Waals surface area contributed by atoms with E-state index >= 15 is 0 Å². The number of nitrogens with zero attached hydrogens (tertiary/aromatic N) is 2. The molecule has 1 aromatic heterocycles. The summed E-state index contributed by atoms with van der Waals surface area (Å²) in [5, 5.41) is 2.71. The molecule has 9 heteroatoms. The Morgan fingerprint density at radius 3 is 2.52 bits per heavy atom. The van der Waals surface area contributed by atoms with Crippen molar-refractivity contribution in [1.29, 1.82) is 0 Å². The van der Waals surface area contributed by atoms with Gasteiger partial charge in [-0.3, -0.25) is 4.79 Å². The lowest BCUT2D eigenvalue weighted by Gasteiger charge is -2.15. The Hall–Kier alpha value is -3.17. The quantitative estimate of drug-likeness (QED) is 0.572. The van der Waals surface area contributed by atoms with Crippen molar-refractivity contribution in [1.82, 2.24) is 9.29 Å². The molecule has 0 aliphatic rings. The summed E-state index contributed by atoms with van der Waals surface area (Å²) in [5.41, 5.74) is 2.43. The number of anilines is 1. The number of carbonyl (C=O) groups is 1. The highest BCUT2D eigenvalue weighted by atomic mass is 32.2. The molecule has 0 spiro atoms. The summed E-state index contributed by atoms with van der Waals surface area (Å²) in [7, 11) is 0.528. The van der Waals surface area contributed by atoms with Crippen LogP contribution in [-0.4, -0.2) is 44.8 Å². The summed E-state index contributed by atoms with van der Waals surface area (Å²) in [6.07, 6.45) is 2.09. The fourth-order valence-corrected chi connectivity index (χ4v) is 3.95. The van der Waals surface area contributed by atoms with Crippen molar-refractivity contribution in [3.05, 3.63) is 60.1 Å². The van der Waals surface area contributed by atoms with E-state index in [1.807, 2.05) is 31.2 Å². The number of amides is 1. The molecular formula is C22H25N3O5S. The maximum Gasteiger partial charge on any atom is 0.246 e. The molecule has 3 rings (SSSR count). The number of carbonyl (C=O) groups excluding carboxylic acids is 1. The van der Waals surface area contributed by atoms with Gasteiger partial charge in [-0.25, -0.2) is 17.7 Å². The highest BCUT2D eigenvalue weighted by Crippen LogP contribution is 2.29. The first kappa shape index (κ1) is 22.5. The molecule has 0 unspecified atom stereocenters. The van der Waals surface area contributed by atoms with Gasteiger partial charge < -0.3 is 14.5 Å². The average molecular weight is 444 g/mol. The largest absolute Gasteiger partial charge is 0.495 e. The zero-order valence-corrected chi connectivity index (χ0v) is 18.7. The van der Waals surface area contributed by atoms with Crippen molar-refractivity contribution in [2.75, 3.05) is 26.5 Å². The SMILES string of the molecule is COc1ccc(NC(=O)CCc2ncc(-c3ccc(C)cc3)o2)cc1S(=O)(=O)N(C)C. The zero-order valence-electron chi connectivity index (χ0n) is 17.9. The van der Waals surface area contributed by atoms with E-state index in [-0.39, 0.29) is 23.0 Å². The molecule has 1 heterocycles. The van der Waals surface area contributed by atoms with Gasteiger partial charge in [0.05, 0.1) is 13.3 Å². The summed E-state index contributed by atoms with van der Waals surface area (Å²) < 4.78 is 37.0. The van der Waals surface area contributed by atoms with Gasteiger partial charge in [-0.2, -0.15) is 0 Å². The maximum absolute atomic E-state index is 12.5. The van der Waals surface area contributed by atoms with Crippen molar-refractivity contribution in [2.24, 2.45) is 0 Å². The Bertz CT molecular complexity index is 1170. The lowest BCUT2D eigenvalue weighted by molar-refractivity contribution is -0.116. The van der Waals surface area contributed by atoms with Gasteiger partial charge in [-0.15, -0.1) is 0 Å². The third kappa shape index (κ3) is 5.31. The van der Waals surface area contributed by atoms with Gasteiger partial charge in [0.2, 0.25) is 15.9 Å². The monoisotopic (exact) mass is 443 g/mol. The maximum atomic E-state index is 12.5. The number of nitrogens with one attached hydrogen (secondary N) is 1. The van der Waals surface area contributed by atoms with Crippen molar-refractivity contribution >= 4 is 21.6 Å². The van der Waals surface area contributed by atoms with E-state index in [9.17, 15) is 13.2 Å². The van der Waals surface area contributed by atoms with E-state index in [1.165, 1.54) is 33.3 Å². The minimum Gasteiger partial charge on any atom is -0.495 e. The van der Waals surface area contributed by atoms with Crippen molar-refractivity contribution in [3.63, 3.8) is 0 Å². The van der Waals surface area contributed by atoms with Crippen molar-refractivity contribution < 1.29 is 22.4 Å². The van der Waals surface area contributed by atoms with Crippen LogP contribution in [0.25, 0.3) is 11.3 Å². The minimum absolute atomic E-state index is 0.0201. The smallest absolute Gasteiger partial charge is 0.246 e. The van der Waals surface area contributed by atoms with Crippen molar-refractivity contribution in [2.45, 2.75) is 24.7 Å². The second kappa shape index (κ2) is 9.32. The molecule has 3 aromatic rings. The fourth-order valence-electron chi connectivity index (χ4n) is 2.87. The fraction of sp³-hybridized carbons (Fsp3) is 0.273. The molecule has 0 radical (unpaired) electrons. The van der Waals surface area contributed by atoms with E-state index < -0.39 is 10.0 Å². The van der Waals surface area contributed by atoms with Gasteiger partial charge in [0.25, 0.3) is 0 Å². The summed E-state index contributed by atoms with van der Waals surface area (Å²) in [6, 6.07) is 12.4. The Balaban J connectivity index is 1.66. The first-order chi connectivity index (χ1) is 14.7.